The molecule has 28 heavy (non-hydrogen) atoms. The third-order valence-electron chi connectivity index (χ3n) is 6.25. The molecular weight excluding hydrogens is 357 g/mol. The molecule has 0 unspecified atom stereocenters. The number of likely N-dealkylation sites (tertiary alicyclic amines) is 1. The summed E-state index contributed by atoms with van der Waals surface area (Å²) >= 11 is 0. The summed E-state index contributed by atoms with van der Waals surface area (Å²) in [5.74, 6) is -0.0495. The predicted molar refractivity (Wildman–Crippen MR) is 107 cm³/mol. The number of carbonyl (C=O) groups excluding carboxylic acids is 1. The Kier molecular flexibility index (Phi) is 6.45. The largest absolute Gasteiger partial charge is 0.393 e. The first kappa shape index (κ1) is 21.3. The lowest BCUT2D eigenvalue weighted by Crippen LogP contribution is -2.55. The van der Waals surface area contributed by atoms with Crippen LogP contribution in [0.4, 0.5) is 4.39 Å². The average molecular weight is 392 g/mol. The van der Waals surface area contributed by atoms with Crippen molar-refractivity contribution in [3.8, 4) is 0 Å². The zero-order valence-electron chi connectivity index (χ0n) is 17.4. The van der Waals surface area contributed by atoms with Crippen LogP contribution in [0.25, 0.3) is 0 Å². The van der Waals surface area contributed by atoms with Gasteiger partial charge in [-0.1, -0.05) is 32.9 Å². The topological polar surface area (TPSA) is 49.8 Å². The van der Waals surface area contributed by atoms with Crippen LogP contribution in [-0.2, 0) is 16.0 Å². The van der Waals surface area contributed by atoms with Gasteiger partial charge in [0.05, 0.1) is 17.8 Å². The number of halogens is 1. The number of rotatable bonds is 4. The quantitative estimate of drug-likeness (QED) is 0.841. The van der Waals surface area contributed by atoms with E-state index in [1.807, 2.05) is 4.90 Å². The minimum Gasteiger partial charge on any atom is -0.393 e. The molecule has 1 N–H and O–H groups in total. The van der Waals surface area contributed by atoms with Crippen molar-refractivity contribution >= 4 is 5.91 Å². The van der Waals surface area contributed by atoms with E-state index >= 15 is 0 Å². The number of hydrogen-bond donors (Lipinski definition) is 1. The van der Waals surface area contributed by atoms with Gasteiger partial charge in [-0.2, -0.15) is 0 Å². The Hall–Kier alpha value is -1.46. The van der Waals surface area contributed by atoms with Gasteiger partial charge in [0, 0.05) is 32.4 Å². The summed E-state index contributed by atoms with van der Waals surface area (Å²) in [5.41, 5.74) is 0.770. The molecule has 0 radical (unpaired) electrons. The van der Waals surface area contributed by atoms with Gasteiger partial charge in [0.1, 0.15) is 5.82 Å². The number of nitrogens with zero attached hydrogens (tertiary/aromatic N) is 1. The monoisotopic (exact) mass is 391 g/mol. The summed E-state index contributed by atoms with van der Waals surface area (Å²) in [4.78, 5) is 14.5. The Morgan fingerprint density at radius 2 is 1.89 bits per heavy atom. The first-order valence-electron chi connectivity index (χ1n) is 10.5. The van der Waals surface area contributed by atoms with Crippen LogP contribution in [0, 0.1) is 11.2 Å². The molecule has 2 atom stereocenters. The van der Waals surface area contributed by atoms with Crippen LogP contribution in [0.3, 0.4) is 0 Å². The first-order valence-corrected chi connectivity index (χ1v) is 10.5. The van der Waals surface area contributed by atoms with Crippen molar-refractivity contribution in [2.24, 2.45) is 5.41 Å². The summed E-state index contributed by atoms with van der Waals surface area (Å²) in [6.45, 7) is 7.85. The van der Waals surface area contributed by atoms with E-state index in [2.05, 4.69) is 20.8 Å². The fourth-order valence-corrected chi connectivity index (χ4v) is 4.43. The van der Waals surface area contributed by atoms with Crippen molar-refractivity contribution in [3.63, 3.8) is 0 Å². The van der Waals surface area contributed by atoms with Crippen molar-refractivity contribution in [1.29, 1.82) is 0 Å². The smallest absolute Gasteiger partial charge is 0.222 e. The van der Waals surface area contributed by atoms with E-state index in [-0.39, 0.29) is 34.9 Å². The Morgan fingerprint density at radius 1 is 1.25 bits per heavy atom. The van der Waals surface area contributed by atoms with E-state index in [4.69, 9.17) is 4.74 Å². The SMILES string of the molecule is CC(C)(C)[C@H]1C[C@@H](O)CC2(CCN(C(=O)CCCc3ccc(F)cc3)CC2)O1. The molecule has 2 saturated heterocycles. The van der Waals surface area contributed by atoms with Crippen LogP contribution in [0.2, 0.25) is 0 Å². The van der Waals surface area contributed by atoms with Crippen molar-refractivity contribution in [3.05, 3.63) is 35.6 Å². The minimum absolute atomic E-state index is 0.00169. The van der Waals surface area contributed by atoms with E-state index in [0.29, 0.717) is 32.4 Å². The van der Waals surface area contributed by atoms with Crippen molar-refractivity contribution in [2.45, 2.75) is 83.5 Å². The number of benzene rings is 1. The molecule has 1 aromatic carbocycles. The summed E-state index contributed by atoms with van der Waals surface area (Å²) < 4.78 is 19.5. The van der Waals surface area contributed by atoms with E-state index in [1.54, 1.807) is 12.1 Å². The number of aryl methyl sites for hydroxylation is 1. The zero-order valence-corrected chi connectivity index (χ0v) is 17.4. The Labute approximate surface area is 168 Å². The lowest BCUT2D eigenvalue weighted by molar-refractivity contribution is -0.207. The van der Waals surface area contributed by atoms with Crippen LogP contribution in [-0.4, -0.2) is 46.8 Å². The number of aliphatic hydroxyl groups is 1. The number of aliphatic hydroxyl groups excluding tert-OH is 1. The maximum atomic E-state index is 13.0. The summed E-state index contributed by atoms with van der Waals surface area (Å²) in [6.07, 6.45) is 4.74. The van der Waals surface area contributed by atoms with Crippen LogP contribution < -0.4 is 0 Å². The van der Waals surface area contributed by atoms with Gasteiger partial charge in [0.2, 0.25) is 5.91 Å². The maximum absolute atomic E-state index is 13.0. The third kappa shape index (κ3) is 5.32. The first-order chi connectivity index (χ1) is 13.2. The second kappa shape index (κ2) is 8.50. The van der Waals surface area contributed by atoms with Crippen LogP contribution in [0.1, 0.15) is 64.9 Å². The molecule has 2 aliphatic heterocycles. The molecule has 3 rings (SSSR count). The van der Waals surface area contributed by atoms with Gasteiger partial charge in [-0.3, -0.25) is 4.79 Å². The Balaban J connectivity index is 1.47. The van der Waals surface area contributed by atoms with Gasteiger partial charge in [-0.05, 0) is 48.8 Å². The van der Waals surface area contributed by atoms with E-state index in [1.165, 1.54) is 12.1 Å². The molecule has 5 heteroatoms. The van der Waals surface area contributed by atoms with Gasteiger partial charge in [-0.25, -0.2) is 4.39 Å². The van der Waals surface area contributed by atoms with Crippen molar-refractivity contribution in [1.82, 2.24) is 4.90 Å². The highest BCUT2D eigenvalue weighted by Gasteiger charge is 2.46. The van der Waals surface area contributed by atoms with Crippen LogP contribution >= 0.6 is 0 Å². The number of hydrogen-bond acceptors (Lipinski definition) is 3. The van der Waals surface area contributed by atoms with Gasteiger partial charge in [-0.15, -0.1) is 0 Å². The molecule has 0 bridgehead atoms. The van der Waals surface area contributed by atoms with E-state index in [0.717, 1.165) is 31.2 Å². The highest BCUT2D eigenvalue weighted by atomic mass is 19.1. The molecular formula is C23H34FNO3. The second-order valence-electron chi connectivity index (χ2n) is 9.61. The van der Waals surface area contributed by atoms with E-state index < -0.39 is 0 Å². The fraction of sp³-hybridized carbons (Fsp3) is 0.696. The van der Waals surface area contributed by atoms with Crippen LogP contribution in [0.5, 0.6) is 0 Å². The molecule has 4 nitrogen and oxygen atoms in total. The molecule has 2 aliphatic rings. The van der Waals surface area contributed by atoms with Gasteiger partial charge in [0.15, 0.2) is 0 Å². The second-order valence-corrected chi connectivity index (χ2v) is 9.61. The Morgan fingerprint density at radius 3 is 2.50 bits per heavy atom. The maximum Gasteiger partial charge on any atom is 0.222 e. The molecule has 1 amide bonds. The van der Waals surface area contributed by atoms with Gasteiger partial charge >= 0.3 is 0 Å². The number of carbonyl (C=O) groups is 1. The van der Waals surface area contributed by atoms with Gasteiger partial charge < -0.3 is 14.7 Å². The van der Waals surface area contributed by atoms with Crippen molar-refractivity contribution < 1.29 is 19.0 Å². The lowest BCUT2D eigenvalue weighted by Gasteiger charge is -2.50. The van der Waals surface area contributed by atoms with Crippen LogP contribution in [0.15, 0.2) is 24.3 Å². The fourth-order valence-electron chi connectivity index (χ4n) is 4.43. The molecule has 1 aromatic rings. The average Bonchev–Trinajstić information content (AvgIpc) is 2.62. The van der Waals surface area contributed by atoms with E-state index in [9.17, 15) is 14.3 Å². The zero-order chi connectivity index (χ0) is 20.4. The lowest BCUT2D eigenvalue weighted by atomic mass is 9.76. The standard InChI is InChI=1S/C23H34FNO3/c1-22(2,3)20-15-19(26)16-23(28-20)11-13-25(14-12-23)21(27)6-4-5-17-7-9-18(24)10-8-17/h7-10,19-20,26H,4-6,11-16H2,1-3H3/t19-,20-/m1/s1. The molecule has 0 aromatic heterocycles. The highest BCUT2D eigenvalue weighted by molar-refractivity contribution is 5.76. The third-order valence-corrected chi connectivity index (χ3v) is 6.25. The normalized spacial score (nSPS) is 25.1. The summed E-state index contributed by atoms with van der Waals surface area (Å²) in [6, 6.07) is 6.49. The minimum atomic E-state index is -0.323. The molecule has 0 saturated carbocycles. The number of ether oxygens (including phenoxy) is 1. The molecule has 2 heterocycles. The molecule has 156 valence electrons. The number of amides is 1. The summed E-state index contributed by atoms with van der Waals surface area (Å²) in [5, 5.41) is 10.4. The molecule has 2 fully saturated rings. The summed E-state index contributed by atoms with van der Waals surface area (Å²) in [7, 11) is 0. The molecule has 1 spiro atoms. The van der Waals surface area contributed by atoms with Crippen molar-refractivity contribution in [2.75, 3.05) is 13.1 Å². The van der Waals surface area contributed by atoms with Gasteiger partial charge in [0.25, 0.3) is 0 Å². The predicted octanol–water partition coefficient (Wildman–Crippen LogP) is 4.10. The number of piperidine rings is 1. The Bertz CT molecular complexity index is 659. The molecule has 0 aliphatic carbocycles. The highest BCUT2D eigenvalue weighted by Crippen LogP contribution is 2.42.